The van der Waals surface area contributed by atoms with Crippen molar-refractivity contribution in [3.63, 3.8) is 0 Å². The molecule has 0 spiro atoms. The fraction of sp³-hybridized carbons (Fsp3) is 1.00. The molecule has 0 aliphatic carbocycles. The summed E-state index contributed by atoms with van der Waals surface area (Å²) in [6, 6.07) is -0.557. The maximum atomic E-state index is 10.5. The van der Waals surface area contributed by atoms with E-state index in [1.165, 1.54) is 0 Å². The van der Waals surface area contributed by atoms with Crippen LogP contribution in [0.5, 0.6) is 0 Å². The molecular weight excluding hydrogens is 174 g/mol. The summed E-state index contributed by atoms with van der Waals surface area (Å²) in [5.41, 5.74) is 0. The first-order valence-corrected chi connectivity index (χ1v) is 4.57. The first-order chi connectivity index (χ1) is 6.22. The van der Waals surface area contributed by atoms with Crippen LogP contribution in [-0.4, -0.2) is 34.4 Å². The molecule has 0 aromatic rings. The molecule has 0 fully saturated rings. The smallest absolute Gasteiger partial charge is 0.213 e. The molecule has 0 heterocycles. The van der Waals surface area contributed by atoms with Crippen LogP contribution in [0.15, 0.2) is 0 Å². The van der Waals surface area contributed by atoms with Crippen molar-refractivity contribution >= 4 is 0 Å². The highest BCUT2D eigenvalue weighted by atomic mass is 16.6. The molecule has 0 saturated carbocycles. The number of aliphatic hydroxyl groups is 2. The number of rotatable bonds is 8. The fourth-order valence-corrected chi connectivity index (χ4v) is 1.17. The van der Waals surface area contributed by atoms with Gasteiger partial charge in [0.25, 0.3) is 0 Å². The fourth-order valence-electron chi connectivity index (χ4n) is 1.17. The van der Waals surface area contributed by atoms with Gasteiger partial charge in [-0.2, -0.15) is 0 Å². The molecule has 0 rings (SSSR count). The maximum absolute atomic E-state index is 10.5. The molecule has 5 heteroatoms. The van der Waals surface area contributed by atoms with E-state index < -0.39 is 6.04 Å². The van der Waals surface area contributed by atoms with Gasteiger partial charge in [0, 0.05) is 31.0 Å². The largest absolute Gasteiger partial charge is 0.396 e. The van der Waals surface area contributed by atoms with E-state index in [2.05, 4.69) is 0 Å². The molecule has 13 heavy (non-hydrogen) atoms. The predicted octanol–water partition coefficient (Wildman–Crippen LogP) is 0.567. The molecular formula is C8H17NO4. The van der Waals surface area contributed by atoms with Gasteiger partial charge in [-0.15, -0.1) is 0 Å². The summed E-state index contributed by atoms with van der Waals surface area (Å²) in [7, 11) is 0. The third kappa shape index (κ3) is 6.48. The zero-order valence-corrected chi connectivity index (χ0v) is 7.69. The second kappa shape index (κ2) is 7.94. The van der Waals surface area contributed by atoms with Crippen molar-refractivity contribution in [2.45, 2.75) is 38.1 Å². The SMILES string of the molecule is O=[N+]([O-])C(CCCO)CCCCO. The number of hydrogen-bond donors (Lipinski definition) is 2. The van der Waals surface area contributed by atoms with Crippen molar-refractivity contribution in [1.82, 2.24) is 0 Å². The molecule has 0 radical (unpaired) electrons. The van der Waals surface area contributed by atoms with Crippen molar-refractivity contribution in [2.75, 3.05) is 13.2 Å². The van der Waals surface area contributed by atoms with Crippen molar-refractivity contribution in [2.24, 2.45) is 0 Å². The third-order valence-corrected chi connectivity index (χ3v) is 1.94. The second-order valence-corrected chi connectivity index (χ2v) is 3.02. The van der Waals surface area contributed by atoms with Gasteiger partial charge in [0.1, 0.15) is 0 Å². The number of nitro groups is 1. The van der Waals surface area contributed by atoms with Gasteiger partial charge in [-0.25, -0.2) is 0 Å². The van der Waals surface area contributed by atoms with Crippen LogP contribution in [0.3, 0.4) is 0 Å². The summed E-state index contributed by atoms with van der Waals surface area (Å²) in [6.45, 7) is 0.0920. The van der Waals surface area contributed by atoms with Crippen molar-refractivity contribution in [1.29, 1.82) is 0 Å². The van der Waals surface area contributed by atoms with Crippen molar-refractivity contribution in [3.8, 4) is 0 Å². The maximum Gasteiger partial charge on any atom is 0.213 e. The topological polar surface area (TPSA) is 83.6 Å². The summed E-state index contributed by atoms with van der Waals surface area (Å²) in [5.74, 6) is 0. The molecule has 0 amide bonds. The highest BCUT2D eigenvalue weighted by molar-refractivity contribution is 4.57. The molecule has 1 atom stereocenters. The minimum atomic E-state index is -0.557. The first-order valence-electron chi connectivity index (χ1n) is 4.57. The molecule has 2 N–H and O–H groups in total. The number of unbranched alkanes of at least 4 members (excludes halogenated alkanes) is 1. The van der Waals surface area contributed by atoms with Gasteiger partial charge in [-0.05, 0) is 19.3 Å². The number of aliphatic hydroxyl groups excluding tert-OH is 2. The Bertz CT molecular complexity index is 140. The van der Waals surface area contributed by atoms with Crippen molar-refractivity contribution < 1.29 is 15.1 Å². The van der Waals surface area contributed by atoms with Crippen LogP contribution in [0.4, 0.5) is 0 Å². The van der Waals surface area contributed by atoms with Gasteiger partial charge in [0.05, 0.1) is 0 Å². The number of nitrogens with zero attached hydrogens (tertiary/aromatic N) is 1. The molecule has 5 nitrogen and oxygen atoms in total. The van der Waals surface area contributed by atoms with Gasteiger partial charge in [0.2, 0.25) is 6.04 Å². The monoisotopic (exact) mass is 191 g/mol. The Labute approximate surface area is 77.5 Å². The van der Waals surface area contributed by atoms with Gasteiger partial charge in [-0.3, -0.25) is 10.1 Å². The van der Waals surface area contributed by atoms with E-state index in [1.54, 1.807) is 0 Å². The zero-order valence-electron chi connectivity index (χ0n) is 7.69. The van der Waals surface area contributed by atoms with Gasteiger partial charge < -0.3 is 10.2 Å². The summed E-state index contributed by atoms with van der Waals surface area (Å²) in [5, 5.41) is 27.5. The van der Waals surface area contributed by atoms with Crippen LogP contribution in [-0.2, 0) is 0 Å². The van der Waals surface area contributed by atoms with Crippen molar-refractivity contribution in [3.05, 3.63) is 10.1 Å². The average Bonchev–Trinajstić information content (AvgIpc) is 2.10. The second-order valence-electron chi connectivity index (χ2n) is 3.02. The van der Waals surface area contributed by atoms with E-state index >= 15 is 0 Å². The molecule has 0 saturated heterocycles. The Morgan fingerprint density at radius 1 is 1.08 bits per heavy atom. The van der Waals surface area contributed by atoms with E-state index in [4.69, 9.17) is 10.2 Å². The molecule has 0 aromatic heterocycles. The minimum Gasteiger partial charge on any atom is -0.396 e. The summed E-state index contributed by atoms with van der Waals surface area (Å²) < 4.78 is 0. The molecule has 78 valence electrons. The third-order valence-electron chi connectivity index (χ3n) is 1.94. The Morgan fingerprint density at radius 3 is 2.08 bits per heavy atom. The standard InChI is InChI=1S/C8H17NO4/c10-6-2-1-4-8(9(12)13)5-3-7-11/h8,10-11H,1-7H2. The van der Waals surface area contributed by atoms with Gasteiger partial charge in [0.15, 0.2) is 0 Å². The Morgan fingerprint density at radius 2 is 1.62 bits per heavy atom. The van der Waals surface area contributed by atoms with Gasteiger partial charge >= 0.3 is 0 Å². The average molecular weight is 191 g/mol. The van der Waals surface area contributed by atoms with E-state index in [9.17, 15) is 10.1 Å². The van der Waals surface area contributed by atoms with Crippen LogP contribution in [0.25, 0.3) is 0 Å². The van der Waals surface area contributed by atoms with Crippen LogP contribution in [0.2, 0.25) is 0 Å². The summed E-state index contributed by atoms with van der Waals surface area (Å²) in [6.07, 6.45) is 2.68. The Kier molecular flexibility index (Phi) is 7.53. The van der Waals surface area contributed by atoms with Gasteiger partial charge in [-0.1, -0.05) is 0 Å². The van der Waals surface area contributed by atoms with Crippen LogP contribution < -0.4 is 0 Å². The molecule has 0 aromatic carbocycles. The summed E-state index contributed by atoms with van der Waals surface area (Å²) >= 11 is 0. The molecule has 0 bridgehead atoms. The normalized spacial score (nSPS) is 12.8. The van der Waals surface area contributed by atoms with E-state index in [0.29, 0.717) is 32.1 Å². The zero-order chi connectivity index (χ0) is 10.1. The number of hydrogen-bond acceptors (Lipinski definition) is 4. The first kappa shape index (κ1) is 12.3. The Hall–Kier alpha value is -0.680. The lowest BCUT2D eigenvalue weighted by atomic mass is 10.1. The lowest BCUT2D eigenvalue weighted by molar-refractivity contribution is -0.524. The predicted molar refractivity (Wildman–Crippen MR) is 48.0 cm³/mol. The van der Waals surface area contributed by atoms with Crippen LogP contribution in [0, 0.1) is 10.1 Å². The highest BCUT2D eigenvalue weighted by Crippen LogP contribution is 2.09. The lowest BCUT2D eigenvalue weighted by Crippen LogP contribution is -2.19. The summed E-state index contributed by atoms with van der Waals surface area (Å²) in [4.78, 5) is 10.2. The molecule has 1 unspecified atom stereocenters. The van der Waals surface area contributed by atoms with E-state index in [1.807, 2.05) is 0 Å². The van der Waals surface area contributed by atoms with E-state index in [0.717, 1.165) is 0 Å². The molecule has 0 aliphatic heterocycles. The quantitative estimate of drug-likeness (QED) is 0.333. The van der Waals surface area contributed by atoms with Crippen LogP contribution >= 0.6 is 0 Å². The molecule has 0 aliphatic rings. The lowest BCUT2D eigenvalue weighted by Gasteiger charge is -2.07. The van der Waals surface area contributed by atoms with E-state index in [-0.39, 0.29) is 18.1 Å². The highest BCUT2D eigenvalue weighted by Gasteiger charge is 2.18. The Balaban J connectivity index is 3.61. The van der Waals surface area contributed by atoms with Crippen LogP contribution in [0.1, 0.15) is 32.1 Å². The minimum absolute atomic E-state index is 0.00431.